The fourth-order valence-electron chi connectivity index (χ4n) is 4.00. The number of aromatic nitrogens is 10. The summed E-state index contributed by atoms with van der Waals surface area (Å²) in [4.78, 5) is 44.4. The molecule has 0 saturated heterocycles. The maximum Gasteiger partial charge on any atom is 0.328 e. The molecule has 0 radical (unpaired) electrons. The quantitative estimate of drug-likeness (QED) is 0.135. The molecule has 0 bridgehead atoms. The number of carbonyl (C=O) groups is 2. The zero-order chi connectivity index (χ0) is 26.3. The van der Waals surface area contributed by atoms with Gasteiger partial charge in [-0.25, -0.2) is 14.8 Å². The fraction of sp³-hybridized carbons (Fsp3) is 0.389. The molecule has 4 heterocycles. The zero-order valence-corrected chi connectivity index (χ0v) is 19.2. The maximum atomic E-state index is 12.1. The maximum absolute atomic E-state index is 12.1. The molecule has 3 amide bonds. The molecule has 1 aliphatic carbocycles. The second kappa shape index (κ2) is 9.37. The normalized spacial score (nSPS) is 21.3. The molecule has 0 aromatic carbocycles. The van der Waals surface area contributed by atoms with Gasteiger partial charge in [-0.2, -0.15) is 19.6 Å². The monoisotopic (exact) mass is 514 g/mol. The molecule has 8 N–H and O–H groups in total. The molecule has 0 unspecified atom stereocenters. The minimum atomic E-state index is -1.28. The average Bonchev–Trinajstić information content (AvgIpc) is 3.64. The third kappa shape index (κ3) is 4.60. The van der Waals surface area contributed by atoms with Crippen LogP contribution in [0.4, 0.5) is 22.5 Å². The molecule has 0 aliphatic heterocycles. The summed E-state index contributed by atoms with van der Waals surface area (Å²) in [5, 5.41) is 45.4. The van der Waals surface area contributed by atoms with Crippen molar-refractivity contribution in [1.29, 1.82) is 0 Å². The van der Waals surface area contributed by atoms with Crippen LogP contribution in [0.25, 0.3) is 17.1 Å². The number of amides is 3. The van der Waals surface area contributed by atoms with E-state index in [4.69, 9.17) is 10.8 Å². The Morgan fingerprint density at radius 3 is 2.49 bits per heavy atom. The van der Waals surface area contributed by atoms with Crippen molar-refractivity contribution >= 4 is 40.8 Å². The summed E-state index contributed by atoms with van der Waals surface area (Å²) in [5.41, 5.74) is 6.55. The predicted molar refractivity (Wildman–Crippen MR) is 123 cm³/mol. The predicted octanol–water partition coefficient (Wildman–Crippen LogP) is -3.09. The second-order valence-electron chi connectivity index (χ2n) is 8.18. The Balaban J connectivity index is 1.38. The van der Waals surface area contributed by atoms with Crippen LogP contribution in [0.15, 0.2) is 19.0 Å². The Labute approximate surface area is 206 Å². The first-order chi connectivity index (χ1) is 17.7. The Kier molecular flexibility index (Phi) is 6.07. The SMILES string of the molecule is Cn1cnc(NC(=O)Nc2ncn(-c3nc(N)c4ncn([C@@H]5C[C@H](NC(=O)CO)[C@@H](O)[C@H]5O)c4n3)n2)n1. The van der Waals surface area contributed by atoms with Crippen LogP contribution in [-0.2, 0) is 11.8 Å². The van der Waals surface area contributed by atoms with Crippen LogP contribution >= 0.6 is 0 Å². The molecule has 19 heteroatoms. The molecule has 1 saturated carbocycles. The summed E-state index contributed by atoms with van der Waals surface area (Å²) in [7, 11) is 1.65. The van der Waals surface area contributed by atoms with E-state index in [1.807, 2.05) is 0 Å². The summed E-state index contributed by atoms with van der Waals surface area (Å²) >= 11 is 0. The number of carbonyl (C=O) groups excluding carboxylic acids is 2. The molecule has 1 aliphatic rings. The van der Waals surface area contributed by atoms with E-state index >= 15 is 0 Å². The highest BCUT2D eigenvalue weighted by atomic mass is 16.3. The highest BCUT2D eigenvalue weighted by Gasteiger charge is 2.43. The van der Waals surface area contributed by atoms with E-state index in [1.165, 1.54) is 32.9 Å². The van der Waals surface area contributed by atoms with Gasteiger partial charge in [0.1, 0.15) is 37.0 Å². The Bertz CT molecular complexity index is 1460. The first-order valence-electron chi connectivity index (χ1n) is 10.9. The number of urea groups is 1. The van der Waals surface area contributed by atoms with Gasteiger partial charge in [-0.05, 0) is 6.42 Å². The first-order valence-corrected chi connectivity index (χ1v) is 10.9. The number of nitrogens with one attached hydrogen (secondary N) is 3. The van der Waals surface area contributed by atoms with E-state index in [-0.39, 0.29) is 41.2 Å². The lowest BCUT2D eigenvalue weighted by Gasteiger charge is -2.18. The van der Waals surface area contributed by atoms with Crippen LogP contribution in [-0.4, -0.2) is 101 Å². The van der Waals surface area contributed by atoms with E-state index in [9.17, 15) is 19.8 Å². The Morgan fingerprint density at radius 2 is 1.78 bits per heavy atom. The van der Waals surface area contributed by atoms with E-state index in [1.54, 1.807) is 7.05 Å². The van der Waals surface area contributed by atoms with Crippen molar-refractivity contribution in [3.63, 3.8) is 0 Å². The van der Waals surface area contributed by atoms with Gasteiger partial charge in [0.15, 0.2) is 11.5 Å². The summed E-state index contributed by atoms with van der Waals surface area (Å²) in [6, 6.07) is -2.19. The van der Waals surface area contributed by atoms with Crippen LogP contribution in [0.1, 0.15) is 12.5 Å². The van der Waals surface area contributed by atoms with Crippen molar-refractivity contribution in [3.8, 4) is 5.95 Å². The number of aliphatic hydroxyl groups is 3. The number of rotatable bonds is 6. The van der Waals surface area contributed by atoms with Gasteiger partial charge in [0.05, 0.1) is 18.4 Å². The number of anilines is 3. The zero-order valence-electron chi connectivity index (χ0n) is 19.2. The number of aliphatic hydroxyl groups excluding tert-OH is 3. The third-order valence-corrected chi connectivity index (χ3v) is 5.68. The smallest absolute Gasteiger partial charge is 0.328 e. The molecule has 194 valence electrons. The van der Waals surface area contributed by atoms with Gasteiger partial charge >= 0.3 is 6.03 Å². The summed E-state index contributed by atoms with van der Waals surface area (Å²) < 4.78 is 4.10. The van der Waals surface area contributed by atoms with Crippen molar-refractivity contribution in [2.75, 3.05) is 23.0 Å². The van der Waals surface area contributed by atoms with Crippen molar-refractivity contribution in [3.05, 3.63) is 19.0 Å². The number of hydrogen-bond donors (Lipinski definition) is 7. The van der Waals surface area contributed by atoms with E-state index < -0.39 is 42.8 Å². The number of aryl methyl sites for hydroxylation is 1. The molecular weight excluding hydrogens is 492 g/mol. The number of nitrogens with two attached hydrogens (primary N) is 1. The molecule has 4 aromatic rings. The van der Waals surface area contributed by atoms with Gasteiger partial charge in [0.25, 0.3) is 11.9 Å². The Hall–Kier alpha value is -4.75. The first kappa shape index (κ1) is 24.0. The molecule has 1 fully saturated rings. The van der Waals surface area contributed by atoms with Gasteiger partial charge in [-0.1, -0.05) is 0 Å². The van der Waals surface area contributed by atoms with E-state index in [0.29, 0.717) is 0 Å². The average molecular weight is 514 g/mol. The minimum absolute atomic E-state index is 0.00253. The number of hydrogen-bond acceptors (Lipinski definition) is 13. The molecule has 5 rings (SSSR count). The van der Waals surface area contributed by atoms with Gasteiger partial charge in [-0.3, -0.25) is 20.1 Å². The van der Waals surface area contributed by atoms with Crippen molar-refractivity contribution in [1.82, 2.24) is 54.4 Å². The fourth-order valence-corrected chi connectivity index (χ4v) is 4.00. The molecule has 19 nitrogen and oxygen atoms in total. The standard InChI is InChI=1S/C18H22N14O5/c1-30-4-21-15(28-30)26-18(37)27-16-22-6-32(29-16)17-24-13(19)10-14(25-17)31(5-20-10)8-2-7(11(35)12(8)36)23-9(34)3-33/h4-8,11-12,33,35-36H,2-3H2,1H3,(H,23,34)(H2,19,24,25)(H2,26,27,28,29,37)/t7-,8+,11+,12-/m0/s1. The van der Waals surface area contributed by atoms with Crippen LogP contribution in [0.2, 0.25) is 0 Å². The number of fused-ring (bicyclic) bond motifs is 1. The van der Waals surface area contributed by atoms with Gasteiger partial charge < -0.3 is 30.9 Å². The molecular formula is C18H22N14O5. The van der Waals surface area contributed by atoms with E-state index in [0.717, 1.165) is 0 Å². The summed E-state index contributed by atoms with van der Waals surface area (Å²) in [6.45, 7) is -0.748. The molecule has 4 atom stereocenters. The number of nitrogen functional groups attached to an aromatic ring is 1. The van der Waals surface area contributed by atoms with Crippen molar-refractivity contribution in [2.45, 2.75) is 30.7 Å². The van der Waals surface area contributed by atoms with Gasteiger partial charge in [-0.15, -0.1) is 10.2 Å². The molecule has 4 aromatic heterocycles. The Morgan fingerprint density at radius 1 is 1.05 bits per heavy atom. The lowest BCUT2D eigenvalue weighted by Crippen LogP contribution is -2.44. The van der Waals surface area contributed by atoms with E-state index in [2.05, 4.69) is 51.1 Å². The topological polar surface area (TPSA) is 262 Å². The second-order valence-corrected chi connectivity index (χ2v) is 8.18. The van der Waals surface area contributed by atoms with Crippen molar-refractivity contribution < 1.29 is 24.9 Å². The highest BCUT2D eigenvalue weighted by molar-refractivity contribution is 5.97. The van der Waals surface area contributed by atoms with Crippen LogP contribution in [0.5, 0.6) is 0 Å². The van der Waals surface area contributed by atoms with Crippen molar-refractivity contribution in [2.24, 2.45) is 7.05 Å². The number of imidazole rings is 1. The summed E-state index contributed by atoms with van der Waals surface area (Å²) in [6.07, 6.45) is 1.65. The van der Waals surface area contributed by atoms with Crippen LogP contribution in [0.3, 0.4) is 0 Å². The highest BCUT2D eigenvalue weighted by Crippen LogP contribution is 2.33. The van der Waals surface area contributed by atoms with Crippen LogP contribution < -0.4 is 21.7 Å². The van der Waals surface area contributed by atoms with Gasteiger partial charge in [0, 0.05) is 7.05 Å². The van der Waals surface area contributed by atoms with Gasteiger partial charge in [0.2, 0.25) is 11.9 Å². The van der Waals surface area contributed by atoms with Crippen LogP contribution in [0, 0.1) is 0 Å². The molecule has 0 spiro atoms. The minimum Gasteiger partial charge on any atom is -0.388 e. The lowest BCUT2D eigenvalue weighted by molar-refractivity contribution is -0.125. The largest absolute Gasteiger partial charge is 0.388 e. The molecule has 37 heavy (non-hydrogen) atoms. The third-order valence-electron chi connectivity index (χ3n) is 5.68. The number of nitrogens with zero attached hydrogens (tertiary/aromatic N) is 10. The lowest BCUT2D eigenvalue weighted by atomic mass is 10.2. The summed E-state index contributed by atoms with van der Waals surface area (Å²) in [5.74, 6) is -0.646.